The van der Waals surface area contributed by atoms with Gasteiger partial charge in [-0.3, -0.25) is 4.79 Å². The maximum Gasteiger partial charge on any atom is 0.335 e. The molecule has 0 radical (unpaired) electrons. The van der Waals surface area contributed by atoms with Gasteiger partial charge in [-0.2, -0.15) is 0 Å². The lowest BCUT2D eigenvalue weighted by Crippen LogP contribution is -2.41. The molecule has 5 rings (SSSR count). The van der Waals surface area contributed by atoms with Gasteiger partial charge in [-0.1, -0.05) is 78.5 Å². The number of nitrogens with zero attached hydrogens (tertiary/aromatic N) is 3. The van der Waals surface area contributed by atoms with Crippen molar-refractivity contribution in [3.05, 3.63) is 124 Å². The summed E-state index contributed by atoms with van der Waals surface area (Å²) >= 11 is 6.27. The third kappa shape index (κ3) is 6.42. The van der Waals surface area contributed by atoms with Gasteiger partial charge in [0.05, 0.1) is 23.7 Å². The highest BCUT2D eigenvalue weighted by molar-refractivity contribution is 7.43. The Morgan fingerprint density at radius 3 is 2.20 bits per heavy atom. The van der Waals surface area contributed by atoms with Gasteiger partial charge in [0.15, 0.2) is 0 Å². The number of hydrogen-bond acceptors (Lipinski definition) is 4. The molecule has 0 spiro atoms. The lowest BCUT2D eigenvalue weighted by Gasteiger charge is -2.31. The molecule has 8 heteroatoms. The zero-order chi connectivity index (χ0) is 29.4. The van der Waals surface area contributed by atoms with Crippen LogP contribution in [-0.2, 0) is 24.2 Å². The van der Waals surface area contributed by atoms with Crippen LogP contribution in [0.25, 0.3) is 22.0 Å². The molecule has 5 aromatic rings. The first-order valence-corrected chi connectivity index (χ1v) is 15.5. The summed E-state index contributed by atoms with van der Waals surface area (Å²) in [6.07, 6.45) is 4.37. The van der Waals surface area contributed by atoms with Gasteiger partial charge >= 0.3 is 7.80 Å². The highest BCUT2D eigenvalue weighted by Crippen LogP contribution is 2.37. The molecule has 0 saturated heterocycles. The molecule has 2 N–H and O–H groups in total. The first kappa shape index (κ1) is 31.0. The summed E-state index contributed by atoms with van der Waals surface area (Å²) in [5.74, 6) is 0. The Labute approximate surface area is 242 Å². The van der Waals surface area contributed by atoms with Gasteiger partial charge in [0.25, 0.3) is 5.56 Å². The normalized spacial score (nSPS) is 12.4. The lowest BCUT2D eigenvalue weighted by atomic mass is 9.80. The van der Waals surface area contributed by atoms with Gasteiger partial charge < -0.3 is 14.9 Å². The summed E-state index contributed by atoms with van der Waals surface area (Å²) in [5, 5.41) is 1.54. The Hall–Kier alpha value is -3.57. The number of nitrogens with two attached hydrogens (primary N) is 1. The zero-order valence-corrected chi connectivity index (χ0v) is 25.6. The summed E-state index contributed by atoms with van der Waals surface area (Å²) in [6, 6.07) is 25.2. The molecule has 0 aliphatic carbocycles. The predicted molar refractivity (Wildman–Crippen MR) is 169 cm³/mol. The van der Waals surface area contributed by atoms with E-state index in [0.717, 1.165) is 45.0 Å². The Morgan fingerprint density at radius 1 is 0.950 bits per heavy atom. The number of aryl methyl sites for hydroxylation is 2. The number of rotatable bonds is 5. The highest BCUT2D eigenvalue weighted by atomic mass is 35.5. The first-order chi connectivity index (χ1) is 19.2. The van der Waals surface area contributed by atoms with Gasteiger partial charge in [0, 0.05) is 30.6 Å². The molecule has 6 nitrogen and oxygen atoms in total. The first-order valence-electron chi connectivity index (χ1n) is 13.3. The smallest absolute Gasteiger partial charge is 0.335 e. The average Bonchev–Trinajstić information content (AvgIpc) is 3.42. The molecule has 0 aliphatic rings. The SMILES string of the molecule is CC.CC[P+](C)=O.Cn1cncc1C(N)(c1ccccc1)c1ccc2c(c1)c(-c1cccc(Cl)c1)cc(=O)n2C. The number of halogens is 1. The zero-order valence-electron chi connectivity index (χ0n) is 23.9. The van der Waals surface area contributed by atoms with Crippen LogP contribution in [0.5, 0.6) is 0 Å². The molecular formula is C32H37ClN4O2P+. The monoisotopic (exact) mass is 575 g/mol. The maximum atomic E-state index is 12.7. The maximum absolute atomic E-state index is 12.7. The van der Waals surface area contributed by atoms with Crippen LogP contribution in [0.15, 0.2) is 96.2 Å². The van der Waals surface area contributed by atoms with E-state index in [0.29, 0.717) is 5.02 Å². The van der Waals surface area contributed by atoms with Crippen LogP contribution in [0, 0.1) is 0 Å². The van der Waals surface area contributed by atoms with E-state index in [-0.39, 0.29) is 5.56 Å². The molecule has 0 bridgehead atoms. The number of fused-ring (bicyclic) bond motifs is 1. The molecule has 0 amide bonds. The van der Waals surface area contributed by atoms with Crippen molar-refractivity contribution in [2.24, 2.45) is 19.8 Å². The Balaban J connectivity index is 0.000000570. The molecule has 40 heavy (non-hydrogen) atoms. The van der Waals surface area contributed by atoms with Crippen molar-refractivity contribution < 1.29 is 4.57 Å². The molecule has 0 saturated carbocycles. The minimum Gasteiger partial charge on any atom is -0.336 e. The molecule has 2 aromatic heterocycles. The molecule has 2 heterocycles. The minimum atomic E-state index is -0.943. The van der Waals surface area contributed by atoms with E-state index in [9.17, 15) is 9.36 Å². The average molecular weight is 576 g/mol. The summed E-state index contributed by atoms with van der Waals surface area (Å²) in [5.41, 5.74) is 11.4. The van der Waals surface area contributed by atoms with E-state index in [1.165, 1.54) is 0 Å². The third-order valence-corrected chi connectivity index (χ3v) is 7.86. The van der Waals surface area contributed by atoms with Gasteiger partial charge in [-0.15, -0.1) is 0 Å². The fourth-order valence-electron chi connectivity index (χ4n) is 4.50. The van der Waals surface area contributed by atoms with Gasteiger partial charge in [-0.05, 0) is 53.4 Å². The summed E-state index contributed by atoms with van der Waals surface area (Å²) in [7, 11) is 2.87. The van der Waals surface area contributed by atoms with Crippen molar-refractivity contribution in [2.75, 3.05) is 12.8 Å². The molecular weight excluding hydrogens is 539 g/mol. The summed E-state index contributed by atoms with van der Waals surface area (Å²) in [4.78, 5) is 17.1. The molecule has 0 fully saturated rings. The second-order valence-electron chi connectivity index (χ2n) is 9.21. The van der Waals surface area contributed by atoms with E-state index >= 15 is 0 Å². The molecule has 3 aromatic carbocycles. The molecule has 0 aliphatic heterocycles. The predicted octanol–water partition coefficient (Wildman–Crippen LogP) is 7.33. The Bertz CT molecular complexity index is 1660. The van der Waals surface area contributed by atoms with E-state index in [2.05, 4.69) is 11.1 Å². The lowest BCUT2D eigenvalue weighted by molar-refractivity contribution is 0.592. The van der Waals surface area contributed by atoms with Crippen molar-refractivity contribution in [2.45, 2.75) is 26.3 Å². The van der Waals surface area contributed by atoms with Crippen molar-refractivity contribution in [1.29, 1.82) is 0 Å². The largest absolute Gasteiger partial charge is 0.336 e. The second kappa shape index (κ2) is 13.7. The van der Waals surface area contributed by atoms with E-state index in [4.69, 9.17) is 17.3 Å². The molecule has 2 unspecified atom stereocenters. The fourth-order valence-corrected chi connectivity index (χ4v) is 4.69. The number of benzene rings is 3. The number of imidazole rings is 1. The standard InChI is InChI=1S/C27H23ClN4O.C3H8OP.C2H6/c1-31-17-30-16-25(31)27(29,19-8-4-3-5-9-19)20-11-12-24-23(14-20)22(15-26(33)32(24)2)18-7-6-10-21(28)13-18;1-3-5(2)4;1-2/h3-17H,29H2,1-2H3;3H2,1-2H3;1-2H3/q;+1;. The van der Waals surface area contributed by atoms with E-state index in [1.54, 1.807) is 36.9 Å². The molecule has 208 valence electrons. The van der Waals surface area contributed by atoms with Gasteiger partial charge in [-0.25, -0.2) is 4.98 Å². The van der Waals surface area contributed by atoms with E-state index < -0.39 is 13.3 Å². The van der Waals surface area contributed by atoms with Crippen LogP contribution in [-0.4, -0.2) is 26.9 Å². The van der Waals surface area contributed by atoms with Crippen molar-refractivity contribution in [3.63, 3.8) is 0 Å². The quantitative estimate of drug-likeness (QED) is 0.222. The van der Waals surface area contributed by atoms with Crippen molar-refractivity contribution in [3.8, 4) is 11.1 Å². The van der Waals surface area contributed by atoms with Crippen LogP contribution in [0.1, 0.15) is 37.6 Å². The number of hydrogen-bond donors (Lipinski definition) is 1. The van der Waals surface area contributed by atoms with Crippen molar-refractivity contribution in [1.82, 2.24) is 14.1 Å². The van der Waals surface area contributed by atoms with Gasteiger partial charge in [0.1, 0.15) is 18.4 Å². The van der Waals surface area contributed by atoms with Gasteiger partial charge in [0.2, 0.25) is 0 Å². The summed E-state index contributed by atoms with van der Waals surface area (Å²) < 4.78 is 13.6. The molecule has 2 atom stereocenters. The Kier molecular flexibility index (Phi) is 10.6. The van der Waals surface area contributed by atoms with Crippen LogP contribution < -0.4 is 11.3 Å². The minimum absolute atomic E-state index is 0.0843. The second-order valence-corrected chi connectivity index (χ2v) is 11.5. The number of pyridine rings is 1. The summed E-state index contributed by atoms with van der Waals surface area (Å²) in [6.45, 7) is 7.65. The number of aromatic nitrogens is 3. The third-order valence-electron chi connectivity index (χ3n) is 6.73. The van der Waals surface area contributed by atoms with Crippen LogP contribution in [0.2, 0.25) is 5.02 Å². The topological polar surface area (TPSA) is 82.9 Å². The Morgan fingerprint density at radius 2 is 1.62 bits per heavy atom. The van der Waals surface area contributed by atoms with Crippen LogP contribution in [0.3, 0.4) is 0 Å². The highest BCUT2D eigenvalue weighted by Gasteiger charge is 2.35. The van der Waals surface area contributed by atoms with Crippen LogP contribution >= 0.6 is 19.4 Å². The van der Waals surface area contributed by atoms with E-state index in [1.807, 2.05) is 99.1 Å². The van der Waals surface area contributed by atoms with Crippen molar-refractivity contribution >= 4 is 30.3 Å². The fraction of sp³-hybridized carbons (Fsp3) is 0.250. The van der Waals surface area contributed by atoms with Crippen LogP contribution in [0.4, 0.5) is 0 Å².